The van der Waals surface area contributed by atoms with Crippen LogP contribution >= 0.6 is 0 Å². The smallest absolute Gasteiger partial charge is 0.349 e. The number of carboxylic acids is 1. The third-order valence-electron chi connectivity index (χ3n) is 2.48. The van der Waals surface area contributed by atoms with Crippen LogP contribution in [0.4, 0.5) is 0 Å². The Morgan fingerprint density at radius 3 is 2.05 bits per heavy atom. The minimum Gasteiger partial charge on any atom is -0.497 e. The molecule has 1 N–H and O–H groups in total. The topological polar surface area (TPSA) is 72.8 Å². The maximum absolute atomic E-state index is 11.8. The lowest BCUT2D eigenvalue weighted by atomic mass is 9.97. The zero-order valence-corrected chi connectivity index (χ0v) is 11.5. The zero-order chi connectivity index (χ0) is 14.6. The maximum Gasteiger partial charge on any atom is 0.349 e. The first-order valence-corrected chi connectivity index (χ1v) is 5.83. The highest BCUT2D eigenvalue weighted by Crippen LogP contribution is 2.25. The van der Waals surface area contributed by atoms with Crippen molar-refractivity contribution < 1.29 is 24.2 Å². The Balaban J connectivity index is 2.94. The van der Waals surface area contributed by atoms with Crippen LogP contribution in [-0.2, 0) is 14.3 Å². The van der Waals surface area contributed by atoms with E-state index < -0.39 is 23.5 Å². The van der Waals surface area contributed by atoms with Crippen molar-refractivity contribution in [3.63, 3.8) is 0 Å². The van der Waals surface area contributed by atoms with Gasteiger partial charge in [0.25, 0.3) is 0 Å². The number of carbonyl (C=O) groups is 2. The molecule has 1 atom stereocenters. The molecule has 0 saturated heterocycles. The van der Waals surface area contributed by atoms with Crippen LogP contribution in [0.25, 0.3) is 0 Å². The monoisotopic (exact) mass is 266 g/mol. The normalized spacial score (nSPS) is 12.6. The molecule has 0 unspecified atom stereocenters. The van der Waals surface area contributed by atoms with Gasteiger partial charge in [-0.1, -0.05) is 12.1 Å². The lowest BCUT2D eigenvalue weighted by Crippen LogP contribution is -2.28. The van der Waals surface area contributed by atoms with Gasteiger partial charge in [0.2, 0.25) is 6.10 Å². The average Bonchev–Trinajstić information content (AvgIpc) is 2.34. The van der Waals surface area contributed by atoms with Crippen molar-refractivity contribution in [2.45, 2.75) is 26.9 Å². The molecular weight excluding hydrogens is 248 g/mol. The fourth-order valence-corrected chi connectivity index (χ4v) is 1.32. The van der Waals surface area contributed by atoms with E-state index in [9.17, 15) is 9.59 Å². The van der Waals surface area contributed by atoms with Gasteiger partial charge in [-0.25, -0.2) is 4.79 Å². The Morgan fingerprint density at radius 2 is 1.68 bits per heavy atom. The highest BCUT2D eigenvalue weighted by Gasteiger charge is 2.30. The summed E-state index contributed by atoms with van der Waals surface area (Å²) in [7, 11) is 1.52. The minimum atomic E-state index is -1.31. The van der Waals surface area contributed by atoms with Crippen molar-refractivity contribution >= 4 is 11.9 Å². The molecule has 0 bridgehead atoms. The van der Waals surface area contributed by atoms with Crippen molar-refractivity contribution in [1.29, 1.82) is 0 Å². The van der Waals surface area contributed by atoms with E-state index in [-0.39, 0.29) is 0 Å². The summed E-state index contributed by atoms with van der Waals surface area (Å²) in [6, 6.07) is 6.37. The molecule has 0 aliphatic rings. The second-order valence-electron chi connectivity index (χ2n) is 5.15. The molecule has 0 spiro atoms. The summed E-state index contributed by atoms with van der Waals surface area (Å²) >= 11 is 0. The first-order valence-electron chi connectivity index (χ1n) is 5.83. The van der Waals surface area contributed by atoms with E-state index in [0.29, 0.717) is 11.3 Å². The van der Waals surface area contributed by atoms with Gasteiger partial charge >= 0.3 is 11.9 Å². The summed E-state index contributed by atoms with van der Waals surface area (Å²) in [5.74, 6) is -1.16. The summed E-state index contributed by atoms with van der Waals surface area (Å²) in [5, 5.41) is 9.16. The van der Waals surface area contributed by atoms with Crippen LogP contribution in [-0.4, -0.2) is 24.2 Å². The lowest BCUT2D eigenvalue weighted by molar-refractivity contribution is -0.170. The maximum atomic E-state index is 11.8. The van der Waals surface area contributed by atoms with Gasteiger partial charge in [-0.3, -0.25) is 4.79 Å². The van der Waals surface area contributed by atoms with E-state index in [1.165, 1.54) is 7.11 Å². The molecule has 0 fully saturated rings. The Bertz CT molecular complexity index is 456. The molecule has 5 nitrogen and oxygen atoms in total. The Hall–Kier alpha value is -2.04. The van der Waals surface area contributed by atoms with Crippen LogP contribution in [0, 0.1) is 5.41 Å². The van der Waals surface area contributed by atoms with Crippen molar-refractivity contribution in [3.8, 4) is 5.75 Å². The fraction of sp³-hybridized carbons (Fsp3) is 0.429. The largest absolute Gasteiger partial charge is 0.497 e. The summed E-state index contributed by atoms with van der Waals surface area (Å²) in [6.07, 6.45) is -1.31. The summed E-state index contributed by atoms with van der Waals surface area (Å²) in [4.78, 5) is 23.0. The minimum absolute atomic E-state index is 0.394. The number of carboxylic acid groups (broad SMARTS) is 1. The highest BCUT2D eigenvalue weighted by molar-refractivity contribution is 5.81. The summed E-state index contributed by atoms with van der Waals surface area (Å²) in [5.41, 5.74) is -0.355. The molecule has 1 aromatic rings. The molecule has 0 aromatic heterocycles. The quantitative estimate of drug-likeness (QED) is 0.847. The molecule has 0 aliphatic carbocycles. The van der Waals surface area contributed by atoms with E-state index in [4.69, 9.17) is 14.6 Å². The van der Waals surface area contributed by atoms with Gasteiger partial charge in [-0.05, 0) is 32.9 Å². The van der Waals surface area contributed by atoms with E-state index in [1.807, 2.05) is 0 Å². The number of esters is 1. The number of aliphatic carboxylic acids is 1. The summed E-state index contributed by atoms with van der Waals surface area (Å²) < 4.78 is 10.0. The number of methoxy groups -OCH3 is 1. The molecular formula is C14H18O5. The number of benzene rings is 1. The third-order valence-corrected chi connectivity index (χ3v) is 2.48. The second kappa shape index (κ2) is 5.73. The molecule has 0 aliphatic heterocycles. The number of hydrogen-bond donors (Lipinski definition) is 1. The number of ether oxygens (including phenoxy) is 2. The van der Waals surface area contributed by atoms with Crippen molar-refractivity contribution in [1.82, 2.24) is 0 Å². The van der Waals surface area contributed by atoms with Gasteiger partial charge in [0.15, 0.2) is 0 Å². The Labute approximate surface area is 112 Å². The Kier molecular flexibility index (Phi) is 4.53. The number of rotatable bonds is 4. The molecule has 1 aromatic carbocycles. The molecule has 19 heavy (non-hydrogen) atoms. The molecule has 5 heteroatoms. The van der Waals surface area contributed by atoms with Gasteiger partial charge in [-0.2, -0.15) is 0 Å². The van der Waals surface area contributed by atoms with Crippen molar-refractivity contribution in [3.05, 3.63) is 29.8 Å². The van der Waals surface area contributed by atoms with Crippen LogP contribution in [0.5, 0.6) is 5.75 Å². The van der Waals surface area contributed by atoms with Crippen LogP contribution < -0.4 is 4.74 Å². The zero-order valence-electron chi connectivity index (χ0n) is 11.5. The van der Waals surface area contributed by atoms with Crippen molar-refractivity contribution in [2.24, 2.45) is 5.41 Å². The van der Waals surface area contributed by atoms with E-state index in [0.717, 1.165) is 0 Å². The molecule has 0 amide bonds. The van der Waals surface area contributed by atoms with E-state index in [1.54, 1.807) is 45.0 Å². The van der Waals surface area contributed by atoms with Crippen molar-refractivity contribution in [2.75, 3.05) is 7.11 Å². The molecule has 0 saturated carbocycles. The molecule has 104 valence electrons. The van der Waals surface area contributed by atoms with E-state index >= 15 is 0 Å². The van der Waals surface area contributed by atoms with Gasteiger partial charge in [-0.15, -0.1) is 0 Å². The van der Waals surface area contributed by atoms with Crippen LogP contribution in [0.1, 0.15) is 32.4 Å². The molecule has 0 radical (unpaired) electrons. The Morgan fingerprint density at radius 1 is 1.16 bits per heavy atom. The first kappa shape index (κ1) is 15.0. The lowest BCUT2D eigenvalue weighted by Gasteiger charge is -2.21. The molecule has 0 heterocycles. The standard InChI is InChI=1S/C14H18O5/c1-14(2,3)13(17)19-11(12(15)16)9-5-7-10(18-4)8-6-9/h5-8,11H,1-4H3,(H,15,16)/t11-/m1/s1. The predicted octanol–water partition coefficient (Wildman–Crippen LogP) is 2.41. The van der Waals surface area contributed by atoms with Crippen LogP contribution in [0.3, 0.4) is 0 Å². The predicted molar refractivity (Wildman–Crippen MR) is 68.9 cm³/mol. The fourth-order valence-electron chi connectivity index (χ4n) is 1.32. The third kappa shape index (κ3) is 3.98. The SMILES string of the molecule is COc1ccc([C@@H](OC(=O)C(C)(C)C)C(=O)O)cc1. The van der Waals surface area contributed by atoms with E-state index in [2.05, 4.69) is 0 Å². The van der Waals surface area contributed by atoms with Gasteiger partial charge in [0, 0.05) is 5.56 Å². The second-order valence-corrected chi connectivity index (χ2v) is 5.15. The van der Waals surface area contributed by atoms with Gasteiger partial charge in [0.05, 0.1) is 12.5 Å². The highest BCUT2D eigenvalue weighted by atomic mass is 16.6. The van der Waals surface area contributed by atoms with Gasteiger partial charge in [0.1, 0.15) is 5.75 Å². The number of carbonyl (C=O) groups excluding carboxylic acids is 1. The van der Waals surface area contributed by atoms with Crippen LogP contribution in [0.15, 0.2) is 24.3 Å². The summed E-state index contributed by atoms with van der Waals surface area (Å²) in [6.45, 7) is 5.01. The van der Waals surface area contributed by atoms with Crippen LogP contribution in [0.2, 0.25) is 0 Å². The molecule has 1 rings (SSSR count). The number of hydrogen-bond acceptors (Lipinski definition) is 4. The van der Waals surface area contributed by atoms with Gasteiger partial charge < -0.3 is 14.6 Å². The average molecular weight is 266 g/mol. The first-order chi connectivity index (χ1) is 8.75.